The van der Waals surface area contributed by atoms with Crippen molar-refractivity contribution in [1.82, 2.24) is 10.1 Å². The van der Waals surface area contributed by atoms with Crippen LogP contribution in [0.2, 0.25) is 0 Å². The molecule has 1 amide bonds. The van der Waals surface area contributed by atoms with Crippen LogP contribution in [0.5, 0.6) is 0 Å². The van der Waals surface area contributed by atoms with Crippen molar-refractivity contribution in [2.75, 3.05) is 20.2 Å². The Morgan fingerprint density at radius 2 is 1.96 bits per heavy atom. The van der Waals surface area contributed by atoms with Gasteiger partial charge in [-0.1, -0.05) is 30.3 Å². The van der Waals surface area contributed by atoms with Crippen molar-refractivity contribution in [3.05, 3.63) is 57.6 Å². The zero-order valence-electron chi connectivity index (χ0n) is 14.5. The number of nitrogens with one attached hydrogen (secondary N) is 1. The normalized spacial score (nSPS) is 15.3. The molecule has 25 heavy (non-hydrogen) atoms. The molecule has 0 bridgehead atoms. The molecule has 6 heteroatoms. The maximum Gasteiger partial charge on any atom is 0.409 e. The summed E-state index contributed by atoms with van der Waals surface area (Å²) in [6.45, 7) is 1.24. The van der Waals surface area contributed by atoms with Gasteiger partial charge in [-0.3, -0.25) is 4.79 Å². The van der Waals surface area contributed by atoms with E-state index in [0.717, 1.165) is 37.0 Å². The van der Waals surface area contributed by atoms with Gasteiger partial charge in [-0.25, -0.2) is 4.79 Å². The standard InChI is InChI=1S/C19H24N2O4/c1-24-19(23)21-12-10-15(11-13-21)17-16(18(22)20-25-17)9-5-8-14-6-3-2-4-7-14/h2-4,6-7,15H,5,8-13H2,1H3,(H,20,22). The highest BCUT2D eigenvalue weighted by molar-refractivity contribution is 5.67. The Kier molecular flexibility index (Phi) is 5.58. The number of benzene rings is 1. The minimum absolute atomic E-state index is 0.126. The number of carbonyl (C=O) groups excluding carboxylic acids is 1. The summed E-state index contributed by atoms with van der Waals surface area (Å²) < 4.78 is 10.2. The van der Waals surface area contributed by atoms with Crippen LogP contribution in [0.15, 0.2) is 39.6 Å². The van der Waals surface area contributed by atoms with E-state index in [1.807, 2.05) is 18.2 Å². The number of methoxy groups -OCH3 is 1. The molecule has 2 heterocycles. The van der Waals surface area contributed by atoms with Crippen molar-refractivity contribution in [1.29, 1.82) is 0 Å². The van der Waals surface area contributed by atoms with Gasteiger partial charge in [-0.15, -0.1) is 0 Å². The van der Waals surface area contributed by atoms with Crippen molar-refractivity contribution in [2.24, 2.45) is 0 Å². The summed E-state index contributed by atoms with van der Waals surface area (Å²) in [7, 11) is 1.39. The van der Waals surface area contributed by atoms with Gasteiger partial charge in [0.05, 0.1) is 12.7 Å². The second-order valence-electron chi connectivity index (χ2n) is 6.45. The Hall–Kier alpha value is -2.50. The van der Waals surface area contributed by atoms with Gasteiger partial charge in [0.2, 0.25) is 0 Å². The molecule has 1 aromatic carbocycles. The number of likely N-dealkylation sites (tertiary alicyclic amines) is 1. The van der Waals surface area contributed by atoms with Crippen molar-refractivity contribution < 1.29 is 14.1 Å². The average Bonchev–Trinajstić information content (AvgIpc) is 3.03. The number of piperidine rings is 1. The van der Waals surface area contributed by atoms with Gasteiger partial charge >= 0.3 is 6.09 Å². The van der Waals surface area contributed by atoms with Crippen LogP contribution in [-0.2, 0) is 17.6 Å². The molecule has 1 saturated heterocycles. The molecule has 0 atom stereocenters. The number of aryl methyl sites for hydroxylation is 1. The van der Waals surface area contributed by atoms with Gasteiger partial charge in [0.1, 0.15) is 5.76 Å². The maximum absolute atomic E-state index is 12.1. The number of carbonyl (C=O) groups is 1. The number of H-pyrrole nitrogens is 1. The Morgan fingerprint density at radius 3 is 2.64 bits per heavy atom. The third kappa shape index (κ3) is 4.13. The van der Waals surface area contributed by atoms with Crippen molar-refractivity contribution in [3.8, 4) is 0 Å². The number of ether oxygens (including phenoxy) is 1. The van der Waals surface area contributed by atoms with E-state index in [4.69, 9.17) is 9.26 Å². The average molecular weight is 344 g/mol. The Morgan fingerprint density at radius 1 is 1.24 bits per heavy atom. The van der Waals surface area contributed by atoms with Crippen LogP contribution in [0.3, 0.4) is 0 Å². The first-order chi connectivity index (χ1) is 12.2. The first-order valence-electron chi connectivity index (χ1n) is 8.76. The van der Waals surface area contributed by atoms with Crippen LogP contribution < -0.4 is 5.56 Å². The molecule has 0 aliphatic carbocycles. The van der Waals surface area contributed by atoms with Crippen LogP contribution in [0, 0.1) is 0 Å². The predicted molar refractivity (Wildman–Crippen MR) is 93.7 cm³/mol. The fraction of sp³-hybridized carbons (Fsp3) is 0.474. The summed E-state index contributed by atoms with van der Waals surface area (Å²) in [4.78, 5) is 25.4. The lowest BCUT2D eigenvalue weighted by Gasteiger charge is -2.30. The molecule has 0 saturated carbocycles. The number of amides is 1. The zero-order valence-corrected chi connectivity index (χ0v) is 14.5. The molecular weight excluding hydrogens is 320 g/mol. The van der Waals surface area contributed by atoms with Crippen LogP contribution in [0.4, 0.5) is 4.79 Å². The number of hydrogen-bond acceptors (Lipinski definition) is 4. The molecule has 3 rings (SSSR count). The van der Waals surface area contributed by atoms with Crippen molar-refractivity contribution >= 4 is 6.09 Å². The Labute approximate surface area is 146 Å². The maximum atomic E-state index is 12.1. The van der Waals surface area contributed by atoms with Gasteiger partial charge in [-0.05, 0) is 37.7 Å². The molecule has 134 valence electrons. The molecule has 2 aromatic rings. The van der Waals surface area contributed by atoms with E-state index in [0.29, 0.717) is 19.5 Å². The molecule has 1 N–H and O–H groups in total. The Balaban J connectivity index is 1.60. The number of rotatable bonds is 5. The summed E-state index contributed by atoms with van der Waals surface area (Å²) >= 11 is 0. The molecule has 1 aliphatic rings. The highest BCUT2D eigenvalue weighted by atomic mass is 16.5. The fourth-order valence-electron chi connectivity index (χ4n) is 3.47. The van der Waals surface area contributed by atoms with Gasteiger partial charge in [-0.2, -0.15) is 5.16 Å². The first kappa shape index (κ1) is 17.3. The van der Waals surface area contributed by atoms with E-state index < -0.39 is 0 Å². The molecular formula is C19H24N2O4. The molecule has 1 fully saturated rings. The van der Waals surface area contributed by atoms with Crippen LogP contribution in [0.25, 0.3) is 0 Å². The minimum Gasteiger partial charge on any atom is -0.453 e. The van der Waals surface area contributed by atoms with Crippen LogP contribution >= 0.6 is 0 Å². The Bertz CT molecular complexity index is 742. The van der Waals surface area contributed by atoms with E-state index in [1.54, 1.807) is 4.90 Å². The van der Waals surface area contributed by atoms with Crippen molar-refractivity contribution in [3.63, 3.8) is 0 Å². The van der Waals surface area contributed by atoms with Gasteiger partial charge < -0.3 is 14.2 Å². The van der Waals surface area contributed by atoms with Crippen LogP contribution in [0.1, 0.15) is 42.1 Å². The monoisotopic (exact) mass is 344 g/mol. The third-order valence-corrected chi connectivity index (χ3v) is 4.86. The summed E-state index contributed by atoms with van der Waals surface area (Å²) in [6.07, 6.45) is 3.81. The van der Waals surface area contributed by atoms with E-state index in [1.165, 1.54) is 12.7 Å². The van der Waals surface area contributed by atoms with Crippen LogP contribution in [-0.4, -0.2) is 36.3 Å². The minimum atomic E-state index is -0.294. The summed E-state index contributed by atoms with van der Waals surface area (Å²) in [5.41, 5.74) is 1.90. The molecule has 0 spiro atoms. The lowest BCUT2D eigenvalue weighted by atomic mass is 9.91. The van der Waals surface area contributed by atoms with E-state index in [2.05, 4.69) is 17.3 Å². The molecule has 0 radical (unpaired) electrons. The second-order valence-corrected chi connectivity index (χ2v) is 6.45. The molecule has 1 aromatic heterocycles. The largest absolute Gasteiger partial charge is 0.453 e. The highest BCUT2D eigenvalue weighted by Crippen LogP contribution is 2.30. The smallest absolute Gasteiger partial charge is 0.409 e. The van der Waals surface area contributed by atoms with E-state index >= 15 is 0 Å². The number of nitrogens with zero attached hydrogens (tertiary/aromatic N) is 1. The summed E-state index contributed by atoms with van der Waals surface area (Å²) in [6, 6.07) is 10.3. The lowest BCUT2D eigenvalue weighted by Crippen LogP contribution is -2.37. The number of aromatic amines is 1. The number of aromatic nitrogens is 1. The summed E-state index contributed by atoms with van der Waals surface area (Å²) in [5.74, 6) is 0.939. The lowest BCUT2D eigenvalue weighted by molar-refractivity contribution is 0.110. The molecule has 6 nitrogen and oxygen atoms in total. The third-order valence-electron chi connectivity index (χ3n) is 4.86. The molecule has 1 aliphatic heterocycles. The first-order valence-corrected chi connectivity index (χ1v) is 8.76. The predicted octanol–water partition coefficient (Wildman–Crippen LogP) is 3.09. The van der Waals surface area contributed by atoms with E-state index in [9.17, 15) is 9.59 Å². The van der Waals surface area contributed by atoms with Gasteiger partial charge in [0, 0.05) is 19.0 Å². The quantitative estimate of drug-likeness (QED) is 0.904. The fourth-order valence-corrected chi connectivity index (χ4v) is 3.47. The SMILES string of the molecule is COC(=O)N1CCC(c2o[nH]c(=O)c2CCCc2ccccc2)CC1. The highest BCUT2D eigenvalue weighted by Gasteiger charge is 2.29. The van der Waals surface area contributed by atoms with E-state index in [-0.39, 0.29) is 17.6 Å². The van der Waals surface area contributed by atoms with Crippen molar-refractivity contribution in [2.45, 2.75) is 38.0 Å². The zero-order chi connectivity index (χ0) is 17.6. The molecule has 0 unspecified atom stereocenters. The van der Waals surface area contributed by atoms with Gasteiger partial charge in [0.15, 0.2) is 0 Å². The number of hydrogen-bond donors (Lipinski definition) is 1. The second kappa shape index (κ2) is 8.05. The van der Waals surface area contributed by atoms with Gasteiger partial charge in [0.25, 0.3) is 5.56 Å². The topological polar surface area (TPSA) is 75.5 Å². The summed E-state index contributed by atoms with van der Waals surface area (Å²) in [5, 5.41) is 2.49.